The molecule has 0 heterocycles. The van der Waals surface area contributed by atoms with Crippen molar-refractivity contribution in [3.8, 4) is 0 Å². The van der Waals surface area contributed by atoms with Gasteiger partial charge in [0.1, 0.15) is 0 Å². The van der Waals surface area contributed by atoms with Crippen LogP contribution in [0.25, 0.3) is 0 Å². The molecule has 0 spiro atoms. The standard InChI is InChI=1S/C8H12BrN3/c1-5-3-6(9)8(10)7(4-5)12(2)11/h3-4H,10-11H2,1-2H3. The van der Waals surface area contributed by atoms with E-state index in [2.05, 4.69) is 15.9 Å². The number of anilines is 2. The van der Waals surface area contributed by atoms with E-state index < -0.39 is 0 Å². The van der Waals surface area contributed by atoms with Gasteiger partial charge in [-0.15, -0.1) is 0 Å². The molecule has 0 aliphatic rings. The lowest BCUT2D eigenvalue weighted by molar-refractivity contribution is 1.02. The Labute approximate surface area is 80.4 Å². The molecule has 0 atom stereocenters. The lowest BCUT2D eigenvalue weighted by Crippen LogP contribution is -2.26. The van der Waals surface area contributed by atoms with Gasteiger partial charge in [-0.05, 0) is 40.5 Å². The Morgan fingerprint density at radius 3 is 2.50 bits per heavy atom. The first-order valence-electron chi connectivity index (χ1n) is 3.56. The quantitative estimate of drug-likeness (QED) is 0.438. The Morgan fingerprint density at radius 1 is 1.42 bits per heavy atom. The molecule has 0 aromatic heterocycles. The Bertz CT molecular complexity index is 297. The first kappa shape index (κ1) is 9.35. The molecule has 0 radical (unpaired) electrons. The maximum absolute atomic E-state index is 5.78. The topological polar surface area (TPSA) is 55.3 Å². The zero-order valence-electron chi connectivity index (χ0n) is 7.13. The Morgan fingerprint density at radius 2 is 2.00 bits per heavy atom. The van der Waals surface area contributed by atoms with Crippen molar-refractivity contribution in [1.29, 1.82) is 0 Å². The SMILES string of the molecule is Cc1cc(Br)c(N)c(N(C)N)c1. The first-order valence-corrected chi connectivity index (χ1v) is 4.35. The number of hydrazine groups is 1. The molecule has 66 valence electrons. The van der Waals surface area contributed by atoms with E-state index in [0.717, 1.165) is 15.7 Å². The average molecular weight is 230 g/mol. The number of aryl methyl sites for hydroxylation is 1. The smallest absolute Gasteiger partial charge is 0.0757 e. The first-order chi connectivity index (χ1) is 5.52. The number of benzene rings is 1. The van der Waals surface area contributed by atoms with Crippen LogP contribution in [0.3, 0.4) is 0 Å². The number of nitrogens with zero attached hydrogens (tertiary/aromatic N) is 1. The van der Waals surface area contributed by atoms with Crippen molar-refractivity contribution >= 4 is 27.3 Å². The van der Waals surface area contributed by atoms with Crippen molar-refractivity contribution in [3.63, 3.8) is 0 Å². The zero-order valence-corrected chi connectivity index (χ0v) is 8.72. The molecule has 0 unspecified atom stereocenters. The van der Waals surface area contributed by atoms with Crippen molar-refractivity contribution in [2.24, 2.45) is 5.84 Å². The molecule has 0 saturated carbocycles. The van der Waals surface area contributed by atoms with Crippen LogP contribution in [-0.4, -0.2) is 7.05 Å². The summed E-state index contributed by atoms with van der Waals surface area (Å²) >= 11 is 3.36. The fourth-order valence-corrected chi connectivity index (χ4v) is 1.59. The van der Waals surface area contributed by atoms with Gasteiger partial charge in [0.15, 0.2) is 0 Å². The van der Waals surface area contributed by atoms with Crippen LogP contribution in [0.15, 0.2) is 16.6 Å². The van der Waals surface area contributed by atoms with Gasteiger partial charge in [0.2, 0.25) is 0 Å². The van der Waals surface area contributed by atoms with Crippen molar-refractivity contribution in [2.75, 3.05) is 17.8 Å². The van der Waals surface area contributed by atoms with Gasteiger partial charge in [-0.1, -0.05) is 0 Å². The average Bonchev–Trinajstić information content (AvgIpc) is 1.96. The summed E-state index contributed by atoms with van der Waals surface area (Å²) in [6.45, 7) is 2.00. The van der Waals surface area contributed by atoms with E-state index in [-0.39, 0.29) is 0 Å². The van der Waals surface area contributed by atoms with Crippen LogP contribution in [0.2, 0.25) is 0 Å². The molecule has 1 rings (SSSR count). The predicted molar refractivity (Wildman–Crippen MR) is 55.9 cm³/mol. The molecule has 0 saturated heterocycles. The van der Waals surface area contributed by atoms with Gasteiger partial charge in [0, 0.05) is 11.5 Å². The molecule has 1 aromatic carbocycles. The third-order valence-electron chi connectivity index (χ3n) is 1.63. The molecule has 0 bridgehead atoms. The van der Waals surface area contributed by atoms with Crippen LogP contribution in [-0.2, 0) is 0 Å². The fourth-order valence-electron chi connectivity index (χ4n) is 1.03. The summed E-state index contributed by atoms with van der Waals surface area (Å²) in [7, 11) is 1.76. The van der Waals surface area contributed by atoms with Gasteiger partial charge >= 0.3 is 0 Å². The van der Waals surface area contributed by atoms with E-state index in [9.17, 15) is 0 Å². The number of nitrogen functional groups attached to an aromatic ring is 1. The number of halogens is 1. The second kappa shape index (κ2) is 3.33. The Kier molecular flexibility index (Phi) is 2.59. The van der Waals surface area contributed by atoms with Crippen molar-refractivity contribution in [1.82, 2.24) is 0 Å². The number of rotatable bonds is 1. The fraction of sp³-hybridized carbons (Fsp3) is 0.250. The molecular formula is C8H12BrN3. The molecule has 0 aliphatic heterocycles. The summed E-state index contributed by atoms with van der Waals surface area (Å²) in [5, 5.41) is 1.51. The van der Waals surface area contributed by atoms with E-state index in [4.69, 9.17) is 11.6 Å². The Hall–Kier alpha value is -0.740. The molecule has 1 aromatic rings. The summed E-state index contributed by atoms with van der Waals surface area (Å²) < 4.78 is 0.884. The van der Waals surface area contributed by atoms with Crippen molar-refractivity contribution in [3.05, 3.63) is 22.2 Å². The van der Waals surface area contributed by atoms with Gasteiger partial charge in [0.05, 0.1) is 11.4 Å². The largest absolute Gasteiger partial charge is 0.396 e. The molecule has 4 N–H and O–H groups in total. The molecule has 4 heteroatoms. The second-order valence-corrected chi connectivity index (χ2v) is 3.64. The summed E-state index contributed by atoms with van der Waals surface area (Å²) in [5.74, 6) is 5.58. The minimum Gasteiger partial charge on any atom is -0.396 e. The molecule has 0 fully saturated rings. The second-order valence-electron chi connectivity index (χ2n) is 2.79. The molecule has 0 amide bonds. The van der Waals surface area contributed by atoms with Crippen LogP contribution in [0.1, 0.15) is 5.56 Å². The molecular weight excluding hydrogens is 218 g/mol. The van der Waals surface area contributed by atoms with Crippen LogP contribution in [0.4, 0.5) is 11.4 Å². The molecule has 3 nitrogen and oxygen atoms in total. The third-order valence-corrected chi connectivity index (χ3v) is 2.29. The maximum atomic E-state index is 5.78. The molecule has 0 aliphatic carbocycles. The predicted octanol–water partition coefficient (Wildman–Crippen LogP) is 1.65. The lowest BCUT2D eigenvalue weighted by Gasteiger charge is -2.16. The van der Waals surface area contributed by atoms with Gasteiger partial charge in [-0.3, -0.25) is 0 Å². The highest BCUT2D eigenvalue weighted by molar-refractivity contribution is 9.10. The van der Waals surface area contributed by atoms with E-state index in [1.54, 1.807) is 7.05 Å². The maximum Gasteiger partial charge on any atom is 0.0757 e. The van der Waals surface area contributed by atoms with Crippen LogP contribution < -0.4 is 16.6 Å². The van der Waals surface area contributed by atoms with Gasteiger partial charge in [-0.2, -0.15) is 0 Å². The van der Waals surface area contributed by atoms with E-state index in [1.807, 2.05) is 19.1 Å². The summed E-state index contributed by atoms with van der Waals surface area (Å²) in [4.78, 5) is 0. The van der Waals surface area contributed by atoms with Crippen LogP contribution >= 0.6 is 15.9 Å². The number of nitrogens with two attached hydrogens (primary N) is 2. The normalized spacial score (nSPS) is 10.0. The number of hydrogen-bond acceptors (Lipinski definition) is 3. The lowest BCUT2D eigenvalue weighted by atomic mass is 10.2. The summed E-state index contributed by atoms with van der Waals surface area (Å²) in [5.41, 5.74) is 8.42. The monoisotopic (exact) mass is 229 g/mol. The van der Waals surface area contributed by atoms with Gasteiger partial charge in [-0.25, -0.2) is 5.84 Å². The Balaban J connectivity index is 3.28. The van der Waals surface area contributed by atoms with Crippen molar-refractivity contribution < 1.29 is 0 Å². The minimum absolute atomic E-state index is 0.672. The highest BCUT2D eigenvalue weighted by Crippen LogP contribution is 2.30. The minimum atomic E-state index is 0.672. The summed E-state index contributed by atoms with van der Waals surface area (Å²) in [6, 6.07) is 3.91. The van der Waals surface area contributed by atoms with Crippen molar-refractivity contribution in [2.45, 2.75) is 6.92 Å². The van der Waals surface area contributed by atoms with E-state index in [1.165, 1.54) is 5.01 Å². The van der Waals surface area contributed by atoms with E-state index in [0.29, 0.717) is 5.69 Å². The zero-order chi connectivity index (χ0) is 9.30. The highest BCUT2D eigenvalue weighted by Gasteiger charge is 2.05. The van der Waals surface area contributed by atoms with Crippen LogP contribution in [0.5, 0.6) is 0 Å². The third kappa shape index (κ3) is 1.70. The highest BCUT2D eigenvalue weighted by atomic mass is 79.9. The van der Waals surface area contributed by atoms with Gasteiger partial charge in [0.25, 0.3) is 0 Å². The molecule has 12 heavy (non-hydrogen) atoms. The van der Waals surface area contributed by atoms with Crippen LogP contribution in [0, 0.1) is 6.92 Å². The van der Waals surface area contributed by atoms with Gasteiger partial charge < -0.3 is 10.7 Å². The number of hydrogen-bond donors (Lipinski definition) is 2. The van der Waals surface area contributed by atoms with E-state index >= 15 is 0 Å². The summed E-state index contributed by atoms with van der Waals surface area (Å²) in [6.07, 6.45) is 0.